The van der Waals surface area contributed by atoms with E-state index in [1.807, 2.05) is 91.0 Å². The van der Waals surface area contributed by atoms with Crippen LogP contribution in [0.2, 0.25) is 0 Å². The number of hydrogen-bond donors (Lipinski definition) is 1. The van der Waals surface area contributed by atoms with Gasteiger partial charge in [0.25, 0.3) is 3.79 Å². The zero-order chi connectivity index (χ0) is 27.7. The molecule has 0 unspecified atom stereocenters. The molecule has 0 radical (unpaired) electrons. The van der Waals surface area contributed by atoms with Crippen molar-refractivity contribution < 1.29 is 28.1 Å². The van der Waals surface area contributed by atoms with E-state index in [0.29, 0.717) is 6.61 Å². The van der Waals surface area contributed by atoms with Crippen LogP contribution in [0.25, 0.3) is 0 Å². The lowest BCUT2D eigenvalue weighted by Crippen LogP contribution is -2.60. The summed E-state index contributed by atoms with van der Waals surface area (Å²) >= 11 is 17.4. The molecule has 0 amide bonds. The Labute approximate surface area is 242 Å². The smallest absolute Gasteiger partial charge is 0.265 e. The number of ether oxygens (including phenoxy) is 5. The van der Waals surface area contributed by atoms with Crippen molar-refractivity contribution in [3.05, 3.63) is 108 Å². The summed E-state index contributed by atoms with van der Waals surface area (Å²) in [7, 11) is 0. The molecule has 0 saturated carbocycles. The van der Waals surface area contributed by atoms with Crippen LogP contribution in [0.1, 0.15) is 16.7 Å². The number of alkyl halides is 4. The van der Waals surface area contributed by atoms with E-state index in [1.54, 1.807) is 0 Å². The molecule has 1 aliphatic rings. The van der Waals surface area contributed by atoms with Crippen LogP contribution in [-0.4, -0.2) is 47.1 Å². The molecule has 1 heterocycles. The zero-order valence-electron chi connectivity index (χ0n) is 20.9. The molecule has 1 aliphatic heterocycles. The first-order chi connectivity index (χ1) is 18.8. The Hall–Kier alpha value is -2.23. The second-order valence-electron chi connectivity index (χ2n) is 8.96. The Kier molecular flexibility index (Phi) is 11.0. The molecule has 0 bridgehead atoms. The Balaban J connectivity index is 1.56. The molecule has 10 heteroatoms. The van der Waals surface area contributed by atoms with Crippen molar-refractivity contribution in [2.24, 2.45) is 0 Å². The van der Waals surface area contributed by atoms with Crippen LogP contribution in [0.4, 0.5) is 4.39 Å². The van der Waals surface area contributed by atoms with Gasteiger partial charge in [-0.15, -0.1) is 0 Å². The molecular weight excluding hydrogens is 568 g/mol. The molecule has 1 N–H and O–H groups in total. The van der Waals surface area contributed by atoms with Gasteiger partial charge in [0.2, 0.25) is 12.2 Å². The highest BCUT2D eigenvalue weighted by atomic mass is 35.6. The first-order valence-electron chi connectivity index (χ1n) is 12.4. The standard InChI is InChI=1S/C29H29Cl3FNO5/c30-29(31,32)28(34)39-27-24(33)26(37-18-22-14-8-3-9-15-22)25(36-17-21-12-6-2-7-13-21)23(38-27)19-35-16-20-10-4-1-5-11-20/h1-15,23-27,34H,16-19H2/t23-,24-,25+,26-,27-/m1/s1. The van der Waals surface area contributed by atoms with Crippen LogP contribution >= 0.6 is 34.8 Å². The highest BCUT2D eigenvalue weighted by Crippen LogP contribution is 2.34. The summed E-state index contributed by atoms with van der Waals surface area (Å²) in [4.78, 5) is 0. The molecule has 0 aliphatic carbocycles. The maximum Gasteiger partial charge on any atom is 0.265 e. The fraction of sp³-hybridized carbons (Fsp3) is 0.345. The van der Waals surface area contributed by atoms with Crippen molar-refractivity contribution >= 4 is 40.7 Å². The summed E-state index contributed by atoms with van der Waals surface area (Å²) in [5.74, 6) is -0.769. The van der Waals surface area contributed by atoms with E-state index in [-0.39, 0.29) is 19.8 Å². The van der Waals surface area contributed by atoms with E-state index in [0.717, 1.165) is 16.7 Å². The van der Waals surface area contributed by atoms with Crippen LogP contribution < -0.4 is 0 Å². The van der Waals surface area contributed by atoms with Crippen molar-refractivity contribution in [2.75, 3.05) is 6.61 Å². The van der Waals surface area contributed by atoms with E-state index in [2.05, 4.69) is 0 Å². The first-order valence-corrected chi connectivity index (χ1v) is 13.5. The van der Waals surface area contributed by atoms with E-state index in [4.69, 9.17) is 63.9 Å². The summed E-state index contributed by atoms with van der Waals surface area (Å²) in [6, 6.07) is 28.5. The van der Waals surface area contributed by atoms with Crippen LogP contribution in [0.5, 0.6) is 0 Å². The third-order valence-electron chi connectivity index (χ3n) is 6.03. The van der Waals surface area contributed by atoms with Crippen molar-refractivity contribution in [1.29, 1.82) is 5.41 Å². The van der Waals surface area contributed by atoms with Crippen molar-refractivity contribution in [3.63, 3.8) is 0 Å². The largest absolute Gasteiger partial charge is 0.445 e. The SMILES string of the molecule is N=C(O[C@H]1O[C@H](COCc2ccccc2)[C@H](OCc2ccccc2)[C@H](OCc2ccccc2)[C@H]1F)C(Cl)(Cl)Cl. The third-order valence-corrected chi connectivity index (χ3v) is 6.54. The van der Waals surface area contributed by atoms with Crippen LogP contribution in [0.15, 0.2) is 91.0 Å². The second-order valence-corrected chi connectivity index (χ2v) is 11.2. The van der Waals surface area contributed by atoms with Gasteiger partial charge in [-0.2, -0.15) is 0 Å². The van der Waals surface area contributed by atoms with Gasteiger partial charge in [-0.05, 0) is 16.7 Å². The normalized spacial score (nSPS) is 23.3. The summed E-state index contributed by atoms with van der Waals surface area (Å²) in [6.45, 7) is 0.643. The fourth-order valence-electron chi connectivity index (χ4n) is 4.07. The minimum Gasteiger partial charge on any atom is -0.445 e. The molecule has 208 valence electrons. The van der Waals surface area contributed by atoms with Gasteiger partial charge >= 0.3 is 0 Å². The topological polar surface area (TPSA) is 70.0 Å². The van der Waals surface area contributed by atoms with Crippen LogP contribution in [-0.2, 0) is 43.5 Å². The fourth-order valence-corrected chi connectivity index (χ4v) is 4.21. The molecule has 5 atom stereocenters. The van der Waals surface area contributed by atoms with Gasteiger partial charge in [0.15, 0.2) is 6.17 Å². The van der Waals surface area contributed by atoms with E-state index < -0.39 is 40.5 Å². The predicted molar refractivity (Wildman–Crippen MR) is 149 cm³/mol. The van der Waals surface area contributed by atoms with Gasteiger partial charge in [-0.3, -0.25) is 5.41 Å². The second kappa shape index (κ2) is 14.4. The lowest BCUT2D eigenvalue weighted by molar-refractivity contribution is -0.289. The van der Waals surface area contributed by atoms with Crippen molar-refractivity contribution in [3.8, 4) is 0 Å². The number of hydrogen-bond acceptors (Lipinski definition) is 6. The van der Waals surface area contributed by atoms with Gasteiger partial charge in [-0.1, -0.05) is 126 Å². The van der Waals surface area contributed by atoms with E-state index in [1.165, 1.54) is 0 Å². The molecule has 1 saturated heterocycles. The highest BCUT2D eigenvalue weighted by molar-refractivity contribution is 6.76. The molecule has 3 aromatic rings. The van der Waals surface area contributed by atoms with Gasteiger partial charge in [0, 0.05) is 0 Å². The van der Waals surface area contributed by atoms with Gasteiger partial charge < -0.3 is 23.7 Å². The van der Waals surface area contributed by atoms with Gasteiger partial charge in [0.1, 0.15) is 18.3 Å². The average molecular weight is 597 g/mol. The Bertz CT molecular complexity index is 1150. The minimum absolute atomic E-state index is 0.0349. The molecule has 1 fully saturated rings. The summed E-state index contributed by atoms with van der Waals surface area (Å²) in [6.07, 6.45) is -6.29. The quantitative estimate of drug-likeness (QED) is 0.150. The van der Waals surface area contributed by atoms with Crippen molar-refractivity contribution in [1.82, 2.24) is 0 Å². The number of nitrogens with one attached hydrogen (secondary N) is 1. The number of rotatable bonds is 11. The summed E-state index contributed by atoms with van der Waals surface area (Å²) < 4.78 is 43.3. The lowest BCUT2D eigenvalue weighted by atomic mass is 9.99. The van der Waals surface area contributed by atoms with E-state index >= 15 is 4.39 Å². The average Bonchev–Trinajstić information content (AvgIpc) is 2.94. The van der Waals surface area contributed by atoms with Crippen molar-refractivity contribution in [2.45, 2.75) is 54.4 Å². The molecule has 3 aromatic carbocycles. The monoisotopic (exact) mass is 595 g/mol. The number of benzene rings is 3. The van der Waals surface area contributed by atoms with Gasteiger partial charge in [0.05, 0.1) is 26.4 Å². The Morgan fingerprint density at radius 1 is 0.744 bits per heavy atom. The van der Waals surface area contributed by atoms with Gasteiger partial charge in [-0.25, -0.2) is 4.39 Å². The predicted octanol–water partition coefficient (Wildman–Crippen LogP) is 6.80. The molecule has 6 nitrogen and oxygen atoms in total. The first kappa shape index (κ1) is 29.7. The molecule has 0 aromatic heterocycles. The maximum absolute atomic E-state index is 16.0. The molecule has 0 spiro atoms. The highest BCUT2D eigenvalue weighted by Gasteiger charge is 2.50. The van der Waals surface area contributed by atoms with Crippen LogP contribution in [0.3, 0.4) is 0 Å². The number of halogens is 4. The zero-order valence-corrected chi connectivity index (χ0v) is 23.2. The van der Waals surface area contributed by atoms with E-state index in [9.17, 15) is 0 Å². The third kappa shape index (κ3) is 8.88. The lowest BCUT2D eigenvalue weighted by Gasteiger charge is -2.43. The Morgan fingerprint density at radius 2 is 1.21 bits per heavy atom. The minimum atomic E-state index is -2.19. The summed E-state index contributed by atoms with van der Waals surface area (Å²) in [5, 5.41) is 7.96. The molecule has 4 rings (SSSR count). The Morgan fingerprint density at radius 3 is 1.69 bits per heavy atom. The molecular formula is C29H29Cl3FNO5. The maximum atomic E-state index is 16.0. The molecule has 39 heavy (non-hydrogen) atoms. The van der Waals surface area contributed by atoms with Crippen LogP contribution in [0, 0.1) is 5.41 Å². The summed E-state index contributed by atoms with van der Waals surface area (Å²) in [5.41, 5.74) is 2.71.